The number of benzene rings is 2. The largest absolute Gasteiger partial charge is 0.495 e. The molecule has 0 fully saturated rings. The first-order valence-electron chi connectivity index (χ1n) is 11.3. The van der Waals surface area contributed by atoms with Gasteiger partial charge in [0.15, 0.2) is 17.5 Å². The van der Waals surface area contributed by atoms with Gasteiger partial charge in [0, 0.05) is 23.1 Å². The molecule has 36 heavy (non-hydrogen) atoms. The van der Waals surface area contributed by atoms with Crippen LogP contribution < -0.4 is 36.3 Å². The number of guanidine groups is 1. The second-order valence-corrected chi connectivity index (χ2v) is 8.73. The van der Waals surface area contributed by atoms with Crippen molar-refractivity contribution >= 4 is 29.1 Å². The Hall–Kier alpha value is -3.83. The molecular formula is C25H32N6O4S. The number of rotatable bonds is 11. The van der Waals surface area contributed by atoms with E-state index in [1.54, 1.807) is 27.4 Å². The first-order valence-corrected chi connectivity index (χ1v) is 12.1. The zero-order valence-electron chi connectivity index (χ0n) is 20.8. The van der Waals surface area contributed by atoms with Gasteiger partial charge in [0.2, 0.25) is 5.91 Å². The number of carbonyl (C=O) groups is 1. The molecule has 10 nitrogen and oxygen atoms in total. The van der Waals surface area contributed by atoms with E-state index in [2.05, 4.69) is 15.0 Å². The number of aromatic nitrogens is 1. The minimum atomic E-state index is -0.722. The van der Waals surface area contributed by atoms with E-state index in [0.29, 0.717) is 42.3 Å². The van der Waals surface area contributed by atoms with Crippen LogP contribution in [0.15, 0.2) is 35.7 Å². The summed E-state index contributed by atoms with van der Waals surface area (Å²) in [5.74, 6) is 1.39. The van der Waals surface area contributed by atoms with Crippen molar-refractivity contribution in [2.75, 3.05) is 33.2 Å². The van der Waals surface area contributed by atoms with Crippen LogP contribution in [0.1, 0.15) is 18.4 Å². The smallest absolute Gasteiger partial charge is 0.241 e. The van der Waals surface area contributed by atoms with E-state index in [1.807, 2.05) is 36.6 Å². The monoisotopic (exact) mass is 512 g/mol. The highest BCUT2D eigenvalue weighted by molar-refractivity contribution is 7.04. The molecule has 0 unspecified atom stereocenters. The van der Waals surface area contributed by atoms with Gasteiger partial charge in [-0.1, -0.05) is 6.07 Å². The topological polar surface area (TPSA) is 158 Å². The molecule has 3 rings (SSSR count). The highest BCUT2D eigenvalue weighted by Gasteiger charge is 2.19. The number of anilines is 1. The van der Waals surface area contributed by atoms with Crippen molar-refractivity contribution in [3.8, 4) is 39.6 Å². The Morgan fingerprint density at radius 1 is 1.11 bits per heavy atom. The van der Waals surface area contributed by atoms with Gasteiger partial charge in [-0.3, -0.25) is 10.2 Å². The molecule has 2 aromatic carbocycles. The first kappa shape index (κ1) is 26.8. The van der Waals surface area contributed by atoms with Crippen molar-refractivity contribution < 1.29 is 19.0 Å². The molecule has 0 radical (unpaired) electrons. The summed E-state index contributed by atoms with van der Waals surface area (Å²) in [7, 11) is 4.76. The van der Waals surface area contributed by atoms with Crippen molar-refractivity contribution in [2.24, 2.45) is 11.5 Å². The lowest BCUT2D eigenvalue weighted by molar-refractivity contribution is -0.117. The van der Waals surface area contributed by atoms with Crippen molar-refractivity contribution in [3.05, 3.63) is 41.3 Å². The van der Waals surface area contributed by atoms with Crippen LogP contribution in [-0.4, -0.2) is 50.2 Å². The Kier molecular flexibility index (Phi) is 9.09. The van der Waals surface area contributed by atoms with Crippen LogP contribution in [0.5, 0.6) is 17.2 Å². The first-order chi connectivity index (χ1) is 17.3. The highest BCUT2D eigenvalue weighted by atomic mass is 32.1. The Balaban J connectivity index is 1.87. The lowest BCUT2D eigenvalue weighted by atomic mass is 9.99. The molecule has 192 valence electrons. The maximum absolute atomic E-state index is 12.7. The number of amides is 1. The molecule has 1 aromatic heterocycles. The Morgan fingerprint density at radius 2 is 1.86 bits per heavy atom. The minimum Gasteiger partial charge on any atom is -0.495 e. The summed E-state index contributed by atoms with van der Waals surface area (Å²) in [5.41, 5.74) is 16.2. The van der Waals surface area contributed by atoms with Gasteiger partial charge in [0.1, 0.15) is 5.75 Å². The summed E-state index contributed by atoms with van der Waals surface area (Å²) >= 11 is 1.34. The molecule has 0 saturated carbocycles. The fourth-order valence-corrected chi connectivity index (χ4v) is 4.53. The molecule has 0 spiro atoms. The summed E-state index contributed by atoms with van der Waals surface area (Å²) in [6.07, 6.45) is 1.03. The van der Waals surface area contributed by atoms with Crippen LogP contribution >= 0.6 is 11.5 Å². The zero-order chi connectivity index (χ0) is 26.2. The van der Waals surface area contributed by atoms with Crippen LogP contribution in [0.25, 0.3) is 22.4 Å². The molecule has 7 N–H and O–H groups in total. The fraction of sp³-hybridized carbons (Fsp3) is 0.320. The number of hydrogen-bond donors (Lipinski definition) is 5. The van der Waals surface area contributed by atoms with Gasteiger partial charge in [-0.15, -0.1) is 0 Å². The molecule has 1 heterocycles. The van der Waals surface area contributed by atoms with Gasteiger partial charge in [-0.2, -0.15) is 4.37 Å². The van der Waals surface area contributed by atoms with E-state index in [4.69, 9.17) is 31.1 Å². The van der Waals surface area contributed by atoms with Gasteiger partial charge in [-0.25, -0.2) is 0 Å². The molecule has 0 aliphatic carbocycles. The van der Waals surface area contributed by atoms with E-state index in [0.717, 1.165) is 27.9 Å². The molecule has 0 bridgehead atoms. The van der Waals surface area contributed by atoms with E-state index >= 15 is 0 Å². The number of nitrogens with two attached hydrogens (primary N) is 2. The number of nitrogens with zero attached hydrogens (tertiary/aromatic N) is 1. The SMILES string of the molecule is COc1ccc(-c2csnc2-c2cc(C)c(OC)c(OC)c2)cc1NC(=O)[C@H](N)CCCNC(=N)N. The Morgan fingerprint density at radius 3 is 2.53 bits per heavy atom. The number of carbonyl (C=O) groups excluding carboxylic acids is 1. The third-order valence-electron chi connectivity index (χ3n) is 5.62. The molecule has 0 aliphatic heterocycles. The maximum atomic E-state index is 12.7. The second-order valence-electron chi connectivity index (χ2n) is 8.10. The van der Waals surface area contributed by atoms with Crippen LogP contribution in [0, 0.1) is 12.3 Å². The van der Waals surface area contributed by atoms with Crippen molar-refractivity contribution in [3.63, 3.8) is 0 Å². The fourth-order valence-electron chi connectivity index (χ4n) is 3.82. The highest BCUT2D eigenvalue weighted by Crippen LogP contribution is 2.41. The number of methoxy groups -OCH3 is 3. The standard InChI is InChI=1S/C25H32N6O4S/c1-14-10-16(12-21(34-3)23(14)35-4)22-17(13-36-31-22)15-7-8-20(33-2)19(11-15)30-24(32)18(26)6-5-9-29-25(27)28/h7-8,10-13,18H,5-6,9,26H2,1-4H3,(H,30,32)(H4,27,28,29)/t18-/m1/s1. The number of ether oxygens (including phenoxy) is 3. The average molecular weight is 513 g/mol. The van der Waals surface area contributed by atoms with Gasteiger partial charge in [0.05, 0.1) is 38.8 Å². The third kappa shape index (κ3) is 6.23. The van der Waals surface area contributed by atoms with Gasteiger partial charge in [-0.05, 0) is 66.7 Å². The molecular weight excluding hydrogens is 480 g/mol. The Bertz CT molecular complexity index is 1230. The normalized spacial score (nSPS) is 11.5. The summed E-state index contributed by atoms with van der Waals surface area (Å²) < 4.78 is 21.1. The van der Waals surface area contributed by atoms with Gasteiger partial charge >= 0.3 is 0 Å². The maximum Gasteiger partial charge on any atom is 0.241 e. The number of hydrogen-bond acceptors (Lipinski definition) is 8. The van der Waals surface area contributed by atoms with Crippen LogP contribution in [0.2, 0.25) is 0 Å². The van der Waals surface area contributed by atoms with Crippen LogP contribution in [0.4, 0.5) is 5.69 Å². The molecule has 0 aliphatic rings. The van der Waals surface area contributed by atoms with Gasteiger partial charge in [0.25, 0.3) is 0 Å². The van der Waals surface area contributed by atoms with Crippen molar-refractivity contribution in [1.29, 1.82) is 5.41 Å². The average Bonchev–Trinajstić information content (AvgIpc) is 3.35. The quantitative estimate of drug-likeness (QED) is 0.149. The molecule has 1 amide bonds. The lowest BCUT2D eigenvalue weighted by Gasteiger charge is -2.16. The minimum absolute atomic E-state index is 0.111. The summed E-state index contributed by atoms with van der Waals surface area (Å²) in [6, 6.07) is 8.75. The van der Waals surface area contributed by atoms with Crippen LogP contribution in [0.3, 0.4) is 0 Å². The zero-order valence-corrected chi connectivity index (χ0v) is 21.6. The molecule has 1 atom stereocenters. The van der Waals surface area contributed by atoms with E-state index in [-0.39, 0.29) is 11.9 Å². The van der Waals surface area contributed by atoms with Crippen molar-refractivity contribution in [1.82, 2.24) is 9.69 Å². The van der Waals surface area contributed by atoms with Crippen LogP contribution in [-0.2, 0) is 4.79 Å². The summed E-state index contributed by atoms with van der Waals surface area (Å²) in [6.45, 7) is 2.43. The number of nitrogens with one attached hydrogen (secondary N) is 3. The molecule has 0 saturated heterocycles. The molecule has 11 heteroatoms. The predicted octanol–water partition coefficient (Wildman–Crippen LogP) is 3.34. The summed E-state index contributed by atoms with van der Waals surface area (Å²) in [5, 5.41) is 14.7. The third-order valence-corrected chi connectivity index (χ3v) is 6.25. The van der Waals surface area contributed by atoms with E-state index in [1.165, 1.54) is 11.5 Å². The number of aryl methyl sites for hydroxylation is 1. The van der Waals surface area contributed by atoms with E-state index in [9.17, 15) is 4.79 Å². The van der Waals surface area contributed by atoms with Gasteiger partial charge < -0.3 is 36.3 Å². The second kappa shape index (κ2) is 12.2. The molecule has 3 aromatic rings. The Labute approximate surface area is 214 Å². The van der Waals surface area contributed by atoms with E-state index < -0.39 is 6.04 Å². The van der Waals surface area contributed by atoms with Crippen molar-refractivity contribution in [2.45, 2.75) is 25.8 Å². The summed E-state index contributed by atoms with van der Waals surface area (Å²) in [4.78, 5) is 12.7. The predicted molar refractivity (Wildman–Crippen MR) is 143 cm³/mol. The lowest BCUT2D eigenvalue weighted by Crippen LogP contribution is -2.37.